The fourth-order valence-electron chi connectivity index (χ4n) is 2.76. The molecule has 2 unspecified atom stereocenters. The first-order valence-electron chi connectivity index (χ1n) is 8.05. The first-order chi connectivity index (χ1) is 9.68. The third kappa shape index (κ3) is 5.15. The summed E-state index contributed by atoms with van der Waals surface area (Å²) < 4.78 is 11.4. The standard InChI is InChI=1S/C16H30O4/c1-3-5-10-19-13-16(18)9-7-8-14(12-17)15(16)20-11-6-4-2/h12,14-15,18H,3-11,13H2,1-2H3/t14?,15?,16-/m1/s1. The summed E-state index contributed by atoms with van der Waals surface area (Å²) in [6, 6.07) is 0. The summed E-state index contributed by atoms with van der Waals surface area (Å²) >= 11 is 0. The molecular formula is C16H30O4. The Morgan fingerprint density at radius 3 is 2.60 bits per heavy atom. The Morgan fingerprint density at radius 2 is 1.95 bits per heavy atom. The van der Waals surface area contributed by atoms with Crippen LogP contribution in [0.2, 0.25) is 0 Å². The molecule has 4 heteroatoms. The number of aliphatic hydroxyl groups is 1. The van der Waals surface area contributed by atoms with Crippen LogP contribution in [0.3, 0.4) is 0 Å². The van der Waals surface area contributed by atoms with E-state index >= 15 is 0 Å². The molecule has 4 nitrogen and oxygen atoms in total. The summed E-state index contributed by atoms with van der Waals surface area (Å²) in [5.74, 6) is -0.208. The number of unbranched alkanes of at least 4 members (excludes halogenated alkanes) is 2. The van der Waals surface area contributed by atoms with Crippen LogP contribution in [0.4, 0.5) is 0 Å². The largest absolute Gasteiger partial charge is 0.385 e. The maximum absolute atomic E-state index is 11.2. The quantitative estimate of drug-likeness (QED) is 0.495. The first-order valence-corrected chi connectivity index (χ1v) is 8.05. The average molecular weight is 286 g/mol. The number of hydrogen-bond donors (Lipinski definition) is 1. The van der Waals surface area contributed by atoms with E-state index < -0.39 is 11.7 Å². The number of hydrogen-bond acceptors (Lipinski definition) is 4. The molecule has 118 valence electrons. The minimum atomic E-state index is -1.01. The molecule has 1 aliphatic rings. The lowest BCUT2D eigenvalue weighted by molar-refractivity contribution is -0.181. The molecule has 20 heavy (non-hydrogen) atoms. The van der Waals surface area contributed by atoms with Gasteiger partial charge in [-0.1, -0.05) is 26.7 Å². The van der Waals surface area contributed by atoms with E-state index in [0.717, 1.165) is 44.8 Å². The van der Waals surface area contributed by atoms with Crippen LogP contribution < -0.4 is 0 Å². The number of ether oxygens (including phenoxy) is 2. The fourth-order valence-corrected chi connectivity index (χ4v) is 2.76. The number of rotatable bonds is 10. The number of aldehydes is 1. The van der Waals surface area contributed by atoms with Crippen LogP contribution in [0, 0.1) is 5.92 Å². The Morgan fingerprint density at radius 1 is 1.25 bits per heavy atom. The normalized spacial score (nSPS) is 30.4. The number of carbonyl (C=O) groups excluding carboxylic acids is 1. The third-order valence-electron chi connectivity index (χ3n) is 4.03. The van der Waals surface area contributed by atoms with Gasteiger partial charge in [-0.3, -0.25) is 0 Å². The molecule has 1 aliphatic carbocycles. The van der Waals surface area contributed by atoms with Gasteiger partial charge in [-0.15, -0.1) is 0 Å². The Balaban J connectivity index is 2.58. The van der Waals surface area contributed by atoms with Crippen LogP contribution in [0.1, 0.15) is 58.8 Å². The zero-order valence-electron chi connectivity index (χ0n) is 13.0. The molecule has 1 fully saturated rings. The summed E-state index contributed by atoms with van der Waals surface area (Å²) in [5, 5.41) is 10.8. The summed E-state index contributed by atoms with van der Waals surface area (Å²) in [7, 11) is 0. The van der Waals surface area contributed by atoms with Gasteiger partial charge in [0.1, 0.15) is 11.9 Å². The maximum atomic E-state index is 11.2. The van der Waals surface area contributed by atoms with Crippen molar-refractivity contribution in [2.24, 2.45) is 5.92 Å². The minimum Gasteiger partial charge on any atom is -0.385 e. The lowest BCUT2D eigenvalue weighted by Gasteiger charge is -2.42. The Labute approximate surface area is 122 Å². The van der Waals surface area contributed by atoms with Gasteiger partial charge in [0.05, 0.1) is 12.7 Å². The van der Waals surface area contributed by atoms with Crippen LogP contribution >= 0.6 is 0 Å². The molecule has 0 amide bonds. The molecule has 0 aromatic rings. The van der Waals surface area contributed by atoms with Gasteiger partial charge in [-0.25, -0.2) is 0 Å². The molecule has 1 saturated carbocycles. The van der Waals surface area contributed by atoms with Crippen molar-refractivity contribution in [3.63, 3.8) is 0 Å². The van der Waals surface area contributed by atoms with Crippen molar-refractivity contribution in [2.75, 3.05) is 19.8 Å². The molecule has 0 saturated heterocycles. The molecule has 0 spiro atoms. The highest BCUT2D eigenvalue weighted by Crippen LogP contribution is 2.34. The molecule has 1 N–H and O–H groups in total. The van der Waals surface area contributed by atoms with E-state index in [1.54, 1.807) is 0 Å². The second-order valence-corrected chi connectivity index (χ2v) is 5.85. The monoisotopic (exact) mass is 286 g/mol. The van der Waals surface area contributed by atoms with E-state index in [9.17, 15) is 9.90 Å². The van der Waals surface area contributed by atoms with Gasteiger partial charge in [0.15, 0.2) is 0 Å². The highest BCUT2D eigenvalue weighted by molar-refractivity contribution is 5.55. The SMILES string of the molecule is CCCCOC[C@]1(O)CCCC(C=O)C1OCCCC. The molecule has 0 radical (unpaired) electrons. The van der Waals surface area contributed by atoms with E-state index in [2.05, 4.69) is 13.8 Å². The highest BCUT2D eigenvalue weighted by atomic mass is 16.5. The molecule has 3 atom stereocenters. The predicted octanol–water partition coefficient (Wildman–Crippen LogP) is 2.72. The number of carbonyl (C=O) groups is 1. The first kappa shape index (κ1) is 17.6. The third-order valence-corrected chi connectivity index (χ3v) is 4.03. The summed E-state index contributed by atoms with van der Waals surface area (Å²) in [6.07, 6.45) is 6.90. The molecule has 0 bridgehead atoms. The van der Waals surface area contributed by atoms with Crippen LogP contribution in [-0.2, 0) is 14.3 Å². The maximum Gasteiger partial charge on any atom is 0.125 e. The van der Waals surface area contributed by atoms with Crippen molar-refractivity contribution in [3.05, 3.63) is 0 Å². The second-order valence-electron chi connectivity index (χ2n) is 5.85. The second kappa shape index (κ2) is 9.48. The average Bonchev–Trinajstić information content (AvgIpc) is 2.45. The molecule has 0 aromatic carbocycles. The minimum absolute atomic E-state index is 0.208. The van der Waals surface area contributed by atoms with Crippen LogP contribution in [0.5, 0.6) is 0 Å². The van der Waals surface area contributed by atoms with Gasteiger partial charge in [0.2, 0.25) is 0 Å². The Kier molecular flexibility index (Phi) is 8.34. The van der Waals surface area contributed by atoms with E-state index in [1.807, 2.05) is 0 Å². The summed E-state index contributed by atoms with van der Waals surface area (Å²) in [6.45, 7) is 5.74. The Hall–Kier alpha value is -0.450. The summed E-state index contributed by atoms with van der Waals surface area (Å²) in [4.78, 5) is 11.2. The van der Waals surface area contributed by atoms with Gasteiger partial charge in [-0.2, -0.15) is 0 Å². The van der Waals surface area contributed by atoms with Crippen molar-refractivity contribution in [3.8, 4) is 0 Å². The van der Waals surface area contributed by atoms with Crippen molar-refractivity contribution < 1.29 is 19.4 Å². The van der Waals surface area contributed by atoms with Gasteiger partial charge < -0.3 is 19.4 Å². The van der Waals surface area contributed by atoms with Gasteiger partial charge in [-0.05, 0) is 32.1 Å². The van der Waals surface area contributed by atoms with Crippen molar-refractivity contribution in [1.29, 1.82) is 0 Å². The van der Waals surface area contributed by atoms with E-state index in [0.29, 0.717) is 19.6 Å². The van der Waals surface area contributed by atoms with Crippen molar-refractivity contribution >= 4 is 6.29 Å². The highest BCUT2D eigenvalue weighted by Gasteiger charge is 2.45. The van der Waals surface area contributed by atoms with Gasteiger partial charge >= 0.3 is 0 Å². The predicted molar refractivity (Wildman–Crippen MR) is 78.7 cm³/mol. The van der Waals surface area contributed by atoms with Gasteiger partial charge in [0, 0.05) is 19.1 Å². The zero-order valence-corrected chi connectivity index (χ0v) is 13.0. The topological polar surface area (TPSA) is 55.8 Å². The molecule has 0 aliphatic heterocycles. The summed E-state index contributed by atoms with van der Waals surface area (Å²) in [5.41, 5.74) is -1.01. The molecule has 0 aromatic heterocycles. The lowest BCUT2D eigenvalue weighted by atomic mass is 9.76. The van der Waals surface area contributed by atoms with Crippen LogP contribution in [0.15, 0.2) is 0 Å². The van der Waals surface area contributed by atoms with Crippen LogP contribution in [0.25, 0.3) is 0 Å². The smallest absolute Gasteiger partial charge is 0.125 e. The fraction of sp³-hybridized carbons (Fsp3) is 0.938. The van der Waals surface area contributed by atoms with E-state index in [1.165, 1.54) is 0 Å². The zero-order chi connectivity index (χ0) is 14.8. The molecule has 1 rings (SSSR count). The van der Waals surface area contributed by atoms with E-state index in [4.69, 9.17) is 9.47 Å². The Bertz CT molecular complexity index is 269. The molecular weight excluding hydrogens is 256 g/mol. The van der Waals surface area contributed by atoms with Crippen LogP contribution in [-0.4, -0.2) is 42.9 Å². The molecule has 0 heterocycles. The van der Waals surface area contributed by atoms with Crippen molar-refractivity contribution in [1.82, 2.24) is 0 Å². The van der Waals surface area contributed by atoms with Gasteiger partial charge in [0.25, 0.3) is 0 Å². The van der Waals surface area contributed by atoms with Crippen molar-refractivity contribution in [2.45, 2.75) is 70.5 Å². The van der Waals surface area contributed by atoms with E-state index in [-0.39, 0.29) is 12.5 Å². The lowest BCUT2D eigenvalue weighted by Crippen LogP contribution is -2.54.